The standard InChI is InChI=1S/C16H33N/c1-4-7-8-9-10-13-16(5-2,6-3)14-17-15-11-12-15/h15,17H,4-14H2,1-3H3. The molecule has 0 radical (unpaired) electrons. The Bertz CT molecular complexity index is 180. The van der Waals surface area contributed by atoms with Crippen LogP contribution in [-0.4, -0.2) is 12.6 Å². The fraction of sp³-hybridized carbons (Fsp3) is 1.00. The van der Waals surface area contributed by atoms with Crippen LogP contribution in [0.1, 0.15) is 85.0 Å². The van der Waals surface area contributed by atoms with E-state index in [0.29, 0.717) is 5.41 Å². The lowest BCUT2D eigenvalue weighted by atomic mass is 9.77. The first kappa shape index (κ1) is 15.0. The van der Waals surface area contributed by atoms with Crippen molar-refractivity contribution in [1.82, 2.24) is 5.32 Å². The normalized spacial score (nSPS) is 16.4. The van der Waals surface area contributed by atoms with E-state index in [-0.39, 0.29) is 0 Å². The summed E-state index contributed by atoms with van der Waals surface area (Å²) in [7, 11) is 0. The van der Waals surface area contributed by atoms with Gasteiger partial charge in [0.15, 0.2) is 0 Å². The van der Waals surface area contributed by atoms with E-state index >= 15 is 0 Å². The maximum Gasteiger partial charge on any atom is 0.00684 e. The molecule has 0 bridgehead atoms. The summed E-state index contributed by atoms with van der Waals surface area (Å²) in [5, 5.41) is 3.75. The molecule has 1 saturated carbocycles. The van der Waals surface area contributed by atoms with Crippen LogP contribution in [0.5, 0.6) is 0 Å². The molecule has 1 N–H and O–H groups in total. The average molecular weight is 239 g/mol. The molecule has 0 saturated heterocycles. The Hall–Kier alpha value is -0.0400. The first-order valence-corrected chi connectivity index (χ1v) is 7.99. The van der Waals surface area contributed by atoms with Gasteiger partial charge in [-0.2, -0.15) is 0 Å². The van der Waals surface area contributed by atoms with Gasteiger partial charge in [0.1, 0.15) is 0 Å². The molecule has 0 heterocycles. The van der Waals surface area contributed by atoms with Gasteiger partial charge in [0.25, 0.3) is 0 Å². The van der Waals surface area contributed by atoms with E-state index < -0.39 is 0 Å². The Morgan fingerprint density at radius 3 is 2.12 bits per heavy atom. The van der Waals surface area contributed by atoms with E-state index in [9.17, 15) is 0 Å². The maximum atomic E-state index is 3.75. The highest BCUT2D eigenvalue weighted by molar-refractivity contribution is 4.86. The summed E-state index contributed by atoms with van der Waals surface area (Å²) >= 11 is 0. The highest BCUT2D eigenvalue weighted by Crippen LogP contribution is 2.33. The fourth-order valence-corrected chi connectivity index (χ4v) is 2.69. The van der Waals surface area contributed by atoms with Gasteiger partial charge in [0.2, 0.25) is 0 Å². The van der Waals surface area contributed by atoms with Crippen LogP contribution >= 0.6 is 0 Å². The average Bonchev–Trinajstić information content (AvgIpc) is 3.17. The van der Waals surface area contributed by atoms with Crippen molar-refractivity contribution >= 4 is 0 Å². The molecule has 0 aromatic carbocycles. The van der Waals surface area contributed by atoms with Crippen LogP contribution < -0.4 is 5.32 Å². The van der Waals surface area contributed by atoms with E-state index in [2.05, 4.69) is 26.1 Å². The summed E-state index contributed by atoms with van der Waals surface area (Å²) in [5.74, 6) is 0. The van der Waals surface area contributed by atoms with Crippen molar-refractivity contribution in [2.75, 3.05) is 6.54 Å². The Labute approximate surface area is 109 Å². The zero-order chi connectivity index (χ0) is 12.6. The van der Waals surface area contributed by atoms with Crippen molar-refractivity contribution in [3.05, 3.63) is 0 Å². The topological polar surface area (TPSA) is 12.0 Å². The number of hydrogen-bond acceptors (Lipinski definition) is 1. The predicted molar refractivity (Wildman–Crippen MR) is 77.4 cm³/mol. The molecule has 0 amide bonds. The monoisotopic (exact) mass is 239 g/mol. The Kier molecular flexibility index (Phi) is 7.18. The maximum absolute atomic E-state index is 3.75. The summed E-state index contributed by atoms with van der Waals surface area (Å²) in [6, 6.07) is 0.868. The molecule has 0 unspecified atom stereocenters. The highest BCUT2D eigenvalue weighted by atomic mass is 15.0. The third kappa shape index (κ3) is 5.90. The van der Waals surface area contributed by atoms with Crippen LogP contribution in [0.3, 0.4) is 0 Å². The molecular formula is C16H33N. The largest absolute Gasteiger partial charge is 0.313 e. The quantitative estimate of drug-likeness (QED) is 0.505. The minimum absolute atomic E-state index is 0.592. The van der Waals surface area contributed by atoms with Crippen molar-refractivity contribution in [2.45, 2.75) is 91.0 Å². The van der Waals surface area contributed by atoms with Gasteiger partial charge < -0.3 is 5.32 Å². The molecule has 0 spiro atoms. The van der Waals surface area contributed by atoms with Crippen molar-refractivity contribution in [3.8, 4) is 0 Å². The molecule has 0 aromatic heterocycles. The van der Waals surface area contributed by atoms with Gasteiger partial charge in [-0.1, -0.05) is 52.9 Å². The summed E-state index contributed by atoms with van der Waals surface area (Å²) in [4.78, 5) is 0. The summed E-state index contributed by atoms with van der Waals surface area (Å²) in [5.41, 5.74) is 0.592. The van der Waals surface area contributed by atoms with E-state index in [1.807, 2.05) is 0 Å². The first-order chi connectivity index (χ1) is 8.26. The lowest BCUT2D eigenvalue weighted by Gasteiger charge is -2.32. The molecule has 0 aliphatic heterocycles. The second kappa shape index (κ2) is 8.13. The number of nitrogens with one attached hydrogen (secondary N) is 1. The highest BCUT2D eigenvalue weighted by Gasteiger charge is 2.29. The molecule has 1 aliphatic rings. The van der Waals surface area contributed by atoms with Crippen LogP contribution in [0.15, 0.2) is 0 Å². The Morgan fingerprint density at radius 1 is 0.941 bits per heavy atom. The van der Waals surface area contributed by atoms with E-state index in [1.165, 1.54) is 70.8 Å². The number of hydrogen-bond donors (Lipinski definition) is 1. The van der Waals surface area contributed by atoms with Gasteiger partial charge in [-0.05, 0) is 37.5 Å². The molecule has 1 aliphatic carbocycles. The zero-order valence-electron chi connectivity index (χ0n) is 12.4. The molecule has 102 valence electrons. The minimum atomic E-state index is 0.592. The van der Waals surface area contributed by atoms with Crippen LogP contribution in [-0.2, 0) is 0 Å². The molecule has 17 heavy (non-hydrogen) atoms. The van der Waals surface area contributed by atoms with Gasteiger partial charge in [0, 0.05) is 12.6 Å². The predicted octanol–water partition coefficient (Wildman–Crippen LogP) is 4.91. The molecule has 1 rings (SSSR count). The Balaban J connectivity index is 2.19. The molecule has 1 nitrogen and oxygen atoms in total. The van der Waals surface area contributed by atoms with Gasteiger partial charge >= 0.3 is 0 Å². The van der Waals surface area contributed by atoms with E-state index in [0.717, 1.165) is 6.04 Å². The number of rotatable bonds is 11. The van der Waals surface area contributed by atoms with Crippen molar-refractivity contribution < 1.29 is 0 Å². The van der Waals surface area contributed by atoms with Crippen LogP contribution in [0.2, 0.25) is 0 Å². The van der Waals surface area contributed by atoms with Crippen LogP contribution in [0.4, 0.5) is 0 Å². The summed E-state index contributed by atoms with van der Waals surface area (Å²) in [6.45, 7) is 8.31. The van der Waals surface area contributed by atoms with E-state index in [4.69, 9.17) is 0 Å². The molecule has 1 fully saturated rings. The SMILES string of the molecule is CCCCCCCC(CC)(CC)CNC1CC1. The molecule has 0 atom stereocenters. The Morgan fingerprint density at radius 2 is 1.59 bits per heavy atom. The van der Waals surface area contributed by atoms with Crippen molar-refractivity contribution in [1.29, 1.82) is 0 Å². The summed E-state index contributed by atoms with van der Waals surface area (Å²) in [6.07, 6.45) is 14.1. The number of unbranched alkanes of at least 4 members (excludes halogenated alkanes) is 4. The van der Waals surface area contributed by atoms with Crippen molar-refractivity contribution in [3.63, 3.8) is 0 Å². The fourth-order valence-electron chi connectivity index (χ4n) is 2.69. The third-order valence-electron chi connectivity index (χ3n) is 4.65. The third-order valence-corrected chi connectivity index (χ3v) is 4.65. The smallest absolute Gasteiger partial charge is 0.00684 e. The van der Waals surface area contributed by atoms with Gasteiger partial charge in [-0.25, -0.2) is 0 Å². The minimum Gasteiger partial charge on any atom is -0.313 e. The second-order valence-corrected chi connectivity index (χ2v) is 6.03. The second-order valence-electron chi connectivity index (χ2n) is 6.03. The molecule has 1 heteroatoms. The van der Waals surface area contributed by atoms with Gasteiger partial charge in [-0.3, -0.25) is 0 Å². The first-order valence-electron chi connectivity index (χ1n) is 7.99. The summed E-state index contributed by atoms with van der Waals surface area (Å²) < 4.78 is 0. The van der Waals surface area contributed by atoms with Crippen molar-refractivity contribution in [2.24, 2.45) is 5.41 Å². The molecular weight excluding hydrogens is 206 g/mol. The molecule has 0 aromatic rings. The zero-order valence-corrected chi connectivity index (χ0v) is 12.4. The van der Waals surface area contributed by atoms with Crippen LogP contribution in [0.25, 0.3) is 0 Å². The van der Waals surface area contributed by atoms with Gasteiger partial charge in [0.05, 0.1) is 0 Å². The van der Waals surface area contributed by atoms with E-state index in [1.54, 1.807) is 0 Å². The lowest BCUT2D eigenvalue weighted by molar-refractivity contribution is 0.219. The van der Waals surface area contributed by atoms with Gasteiger partial charge in [-0.15, -0.1) is 0 Å². The lowest BCUT2D eigenvalue weighted by Crippen LogP contribution is -2.34. The van der Waals surface area contributed by atoms with Crippen LogP contribution in [0, 0.1) is 5.41 Å².